The average molecular weight is 325 g/mol. The lowest BCUT2D eigenvalue weighted by Crippen LogP contribution is -2.38. The third-order valence-corrected chi connectivity index (χ3v) is 3.74. The first kappa shape index (κ1) is 15.4. The van der Waals surface area contributed by atoms with Gasteiger partial charge in [-0.15, -0.1) is 0 Å². The van der Waals surface area contributed by atoms with Gasteiger partial charge in [0.1, 0.15) is 0 Å². The number of imidazole rings is 1. The molecule has 0 bridgehead atoms. The number of urea groups is 1. The molecule has 110 valence electrons. The van der Waals surface area contributed by atoms with Crippen molar-refractivity contribution < 1.29 is 9.59 Å². The first-order chi connectivity index (χ1) is 10.1. The summed E-state index contributed by atoms with van der Waals surface area (Å²) in [6.45, 7) is 0. The minimum atomic E-state index is -0.526. The number of hydrogen-bond donors (Lipinski definition) is 2. The van der Waals surface area contributed by atoms with Crippen molar-refractivity contribution in [3.8, 4) is 5.69 Å². The molecule has 0 spiro atoms. The smallest absolute Gasteiger partial charge is 0.321 e. The fourth-order valence-corrected chi connectivity index (χ4v) is 2.45. The van der Waals surface area contributed by atoms with E-state index in [1.807, 2.05) is 16.7 Å². The van der Waals surface area contributed by atoms with Gasteiger partial charge in [0.25, 0.3) is 0 Å². The van der Waals surface area contributed by atoms with E-state index in [1.165, 1.54) is 18.8 Å². The van der Waals surface area contributed by atoms with Gasteiger partial charge in [-0.05, 0) is 24.3 Å². The standard InChI is InChI=1S/C13H13ClN4O2S/c1-15-12(20)17-11(19)8-21-13-16-6-7-18(13)10-4-2-9(14)3-5-10/h2-7H,8H2,1H3,(H2,15,17,19,20). The number of halogens is 1. The van der Waals surface area contributed by atoms with Crippen molar-refractivity contribution in [2.24, 2.45) is 0 Å². The first-order valence-electron chi connectivity index (χ1n) is 6.04. The Morgan fingerprint density at radius 1 is 1.33 bits per heavy atom. The fourth-order valence-electron chi connectivity index (χ4n) is 1.55. The SMILES string of the molecule is CNC(=O)NC(=O)CSc1nccn1-c1ccc(Cl)cc1. The van der Waals surface area contributed by atoms with Crippen molar-refractivity contribution >= 4 is 35.3 Å². The van der Waals surface area contributed by atoms with Gasteiger partial charge in [0, 0.05) is 30.2 Å². The number of benzene rings is 1. The summed E-state index contributed by atoms with van der Waals surface area (Å²) in [5.41, 5.74) is 0.895. The predicted octanol–water partition coefficient (Wildman–Crippen LogP) is 2.07. The third-order valence-electron chi connectivity index (χ3n) is 2.52. The van der Waals surface area contributed by atoms with E-state index < -0.39 is 6.03 Å². The molecule has 2 N–H and O–H groups in total. The number of imide groups is 1. The van der Waals surface area contributed by atoms with Gasteiger partial charge < -0.3 is 5.32 Å². The lowest BCUT2D eigenvalue weighted by Gasteiger charge is -2.07. The molecule has 1 heterocycles. The van der Waals surface area contributed by atoms with Gasteiger partial charge in [0.15, 0.2) is 5.16 Å². The Kier molecular flexibility index (Phi) is 5.24. The highest BCUT2D eigenvalue weighted by molar-refractivity contribution is 7.99. The Labute approximate surface area is 130 Å². The van der Waals surface area contributed by atoms with Crippen LogP contribution in [-0.4, -0.2) is 34.3 Å². The molecule has 0 saturated carbocycles. The molecule has 0 atom stereocenters. The largest absolute Gasteiger partial charge is 0.341 e. The summed E-state index contributed by atoms with van der Waals surface area (Å²) in [7, 11) is 1.45. The fraction of sp³-hybridized carbons (Fsp3) is 0.154. The molecule has 21 heavy (non-hydrogen) atoms. The summed E-state index contributed by atoms with van der Waals surface area (Å²) < 4.78 is 1.84. The number of nitrogens with one attached hydrogen (secondary N) is 2. The molecule has 6 nitrogen and oxygen atoms in total. The van der Waals surface area contributed by atoms with Crippen molar-refractivity contribution in [2.45, 2.75) is 5.16 Å². The van der Waals surface area contributed by atoms with Crippen LogP contribution in [0, 0.1) is 0 Å². The molecular formula is C13H13ClN4O2S. The van der Waals surface area contributed by atoms with Crippen LogP contribution < -0.4 is 10.6 Å². The van der Waals surface area contributed by atoms with Crippen LogP contribution in [0.25, 0.3) is 5.69 Å². The number of carbonyl (C=O) groups excluding carboxylic acids is 2. The zero-order valence-electron chi connectivity index (χ0n) is 11.2. The second-order valence-electron chi connectivity index (χ2n) is 3.97. The molecule has 2 aromatic rings. The van der Waals surface area contributed by atoms with Crippen molar-refractivity contribution in [3.05, 3.63) is 41.7 Å². The maximum Gasteiger partial charge on any atom is 0.321 e. The molecular weight excluding hydrogens is 312 g/mol. The van der Waals surface area contributed by atoms with E-state index in [0.29, 0.717) is 10.2 Å². The van der Waals surface area contributed by atoms with E-state index in [9.17, 15) is 9.59 Å². The number of nitrogens with zero attached hydrogens (tertiary/aromatic N) is 2. The van der Waals surface area contributed by atoms with Gasteiger partial charge in [0.05, 0.1) is 5.75 Å². The third kappa shape index (κ3) is 4.24. The van der Waals surface area contributed by atoms with E-state index in [0.717, 1.165) is 5.69 Å². The van der Waals surface area contributed by atoms with E-state index in [-0.39, 0.29) is 11.7 Å². The van der Waals surface area contributed by atoms with Crippen LogP contribution in [0.3, 0.4) is 0 Å². The molecule has 8 heteroatoms. The Balaban J connectivity index is 2.02. The second kappa shape index (κ2) is 7.14. The molecule has 1 aromatic carbocycles. The lowest BCUT2D eigenvalue weighted by molar-refractivity contribution is -0.117. The summed E-state index contributed by atoms with van der Waals surface area (Å²) in [6.07, 6.45) is 3.44. The Morgan fingerprint density at radius 3 is 2.71 bits per heavy atom. The van der Waals surface area contributed by atoms with Crippen molar-refractivity contribution in [2.75, 3.05) is 12.8 Å². The minimum absolute atomic E-state index is 0.0953. The number of carbonyl (C=O) groups is 2. The van der Waals surface area contributed by atoms with Crippen molar-refractivity contribution in [1.29, 1.82) is 0 Å². The summed E-state index contributed by atoms with van der Waals surface area (Å²) in [5, 5.41) is 5.82. The minimum Gasteiger partial charge on any atom is -0.341 e. The molecule has 0 unspecified atom stereocenters. The molecule has 2 rings (SSSR count). The normalized spacial score (nSPS) is 10.2. The molecule has 1 aromatic heterocycles. The molecule has 0 saturated heterocycles. The maximum atomic E-state index is 11.6. The van der Waals surface area contributed by atoms with Gasteiger partial charge in [-0.1, -0.05) is 23.4 Å². The molecule has 0 aliphatic carbocycles. The van der Waals surface area contributed by atoms with Crippen molar-refractivity contribution in [1.82, 2.24) is 20.2 Å². The number of rotatable bonds is 4. The summed E-state index contributed by atoms with van der Waals surface area (Å²) >= 11 is 7.10. The van der Waals surface area contributed by atoms with Gasteiger partial charge in [-0.2, -0.15) is 0 Å². The highest BCUT2D eigenvalue weighted by Gasteiger charge is 2.10. The van der Waals surface area contributed by atoms with Gasteiger partial charge in [-0.3, -0.25) is 14.7 Å². The zero-order valence-corrected chi connectivity index (χ0v) is 12.7. The summed E-state index contributed by atoms with van der Waals surface area (Å²) in [4.78, 5) is 26.8. The summed E-state index contributed by atoms with van der Waals surface area (Å²) in [5.74, 6) is -0.289. The number of aromatic nitrogens is 2. The Morgan fingerprint density at radius 2 is 2.05 bits per heavy atom. The maximum absolute atomic E-state index is 11.6. The molecule has 3 amide bonds. The highest BCUT2D eigenvalue weighted by Crippen LogP contribution is 2.21. The van der Waals surface area contributed by atoms with Crippen LogP contribution in [-0.2, 0) is 4.79 Å². The Bertz CT molecular complexity index is 642. The molecule has 0 aliphatic heterocycles. The molecule has 0 radical (unpaired) electrons. The first-order valence-corrected chi connectivity index (χ1v) is 7.40. The van der Waals surface area contributed by atoms with Crippen molar-refractivity contribution in [3.63, 3.8) is 0 Å². The van der Waals surface area contributed by atoms with E-state index in [2.05, 4.69) is 15.6 Å². The Hall–Kier alpha value is -1.99. The summed E-state index contributed by atoms with van der Waals surface area (Å²) in [6, 6.07) is 6.76. The number of thioether (sulfide) groups is 1. The van der Waals surface area contributed by atoms with Gasteiger partial charge >= 0.3 is 6.03 Å². The van der Waals surface area contributed by atoms with Crippen LogP contribution in [0.4, 0.5) is 4.79 Å². The molecule has 0 fully saturated rings. The van der Waals surface area contributed by atoms with Crippen LogP contribution in [0.5, 0.6) is 0 Å². The van der Waals surface area contributed by atoms with E-state index >= 15 is 0 Å². The van der Waals surface area contributed by atoms with Crippen LogP contribution in [0.15, 0.2) is 41.8 Å². The highest BCUT2D eigenvalue weighted by atomic mass is 35.5. The quantitative estimate of drug-likeness (QED) is 0.844. The number of amides is 3. The molecule has 0 aliphatic rings. The zero-order chi connectivity index (χ0) is 15.2. The van der Waals surface area contributed by atoms with Crippen LogP contribution in [0.1, 0.15) is 0 Å². The average Bonchev–Trinajstić information content (AvgIpc) is 2.94. The monoisotopic (exact) mass is 324 g/mol. The lowest BCUT2D eigenvalue weighted by atomic mass is 10.3. The topological polar surface area (TPSA) is 76.0 Å². The van der Waals surface area contributed by atoms with E-state index in [1.54, 1.807) is 24.5 Å². The van der Waals surface area contributed by atoms with Gasteiger partial charge in [0.2, 0.25) is 5.91 Å². The van der Waals surface area contributed by atoms with E-state index in [4.69, 9.17) is 11.6 Å². The number of hydrogen-bond acceptors (Lipinski definition) is 4. The van der Waals surface area contributed by atoms with Gasteiger partial charge in [-0.25, -0.2) is 9.78 Å². The predicted molar refractivity (Wildman–Crippen MR) is 81.9 cm³/mol. The van der Waals surface area contributed by atoms with Crippen LogP contribution in [0.2, 0.25) is 5.02 Å². The van der Waals surface area contributed by atoms with Crippen LogP contribution >= 0.6 is 23.4 Å². The second-order valence-corrected chi connectivity index (χ2v) is 5.35.